The molecule has 0 amide bonds. The highest BCUT2D eigenvalue weighted by Gasteiger charge is 2.42. The maximum absolute atomic E-state index is 5.84. The first-order chi connectivity index (χ1) is 9.77. The summed E-state index contributed by atoms with van der Waals surface area (Å²) in [7, 11) is 1.74. The molecule has 20 heavy (non-hydrogen) atoms. The Morgan fingerprint density at radius 2 is 2.05 bits per heavy atom. The molecule has 1 aliphatic heterocycles. The molecule has 0 aliphatic carbocycles. The molecule has 2 rings (SSSR count). The highest BCUT2D eigenvalue weighted by molar-refractivity contribution is 5.37. The summed E-state index contributed by atoms with van der Waals surface area (Å²) in [6.07, 6.45) is 1.61. The quantitative estimate of drug-likeness (QED) is 0.614. The van der Waals surface area contributed by atoms with E-state index in [0.717, 1.165) is 24.2 Å². The number of ether oxygens (including phenoxy) is 3. The average molecular weight is 280 g/mol. The summed E-state index contributed by atoms with van der Waals surface area (Å²) in [5.41, 5.74) is 3.59. The molecular formula is C15H24N2O3. The molecule has 1 atom stereocenters. The van der Waals surface area contributed by atoms with Gasteiger partial charge in [-0.1, -0.05) is 18.2 Å². The van der Waals surface area contributed by atoms with Gasteiger partial charge in [-0.2, -0.15) is 0 Å². The van der Waals surface area contributed by atoms with Crippen molar-refractivity contribution in [2.24, 2.45) is 5.84 Å². The van der Waals surface area contributed by atoms with Gasteiger partial charge in [0.15, 0.2) is 0 Å². The monoisotopic (exact) mass is 280 g/mol. The van der Waals surface area contributed by atoms with Crippen LogP contribution in [0.3, 0.4) is 0 Å². The van der Waals surface area contributed by atoms with Crippen LogP contribution in [0.4, 0.5) is 0 Å². The van der Waals surface area contributed by atoms with Gasteiger partial charge in [0.1, 0.15) is 5.75 Å². The number of hydrazine groups is 1. The summed E-state index contributed by atoms with van der Waals surface area (Å²) < 4.78 is 17.0. The minimum atomic E-state index is -0.361. The zero-order valence-electron chi connectivity index (χ0n) is 12.2. The second-order valence-corrected chi connectivity index (χ2v) is 4.95. The molecular weight excluding hydrogens is 256 g/mol. The maximum Gasteiger partial charge on any atom is 0.124 e. The number of benzene rings is 1. The molecule has 1 aromatic rings. The van der Waals surface area contributed by atoms with Crippen molar-refractivity contribution in [2.45, 2.75) is 31.4 Å². The van der Waals surface area contributed by atoms with Crippen LogP contribution in [-0.2, 0) is 9.47 Å². The first-order valence-corrected chi connectivity index (χ1v) is 7.08. The Morgan fingerprint density at radius 1 is 1.35 bits per heavy atom. The van der Waals surface area contributed by atoms with Crippen LogP contribution in [-0.4, -0.2) is 32.5 Å². The molecule has 5 nitrogen and oxygen atoms in total. The minimum Gasteiger partial charge on any atom is -0.494 e. The Kier molecular flexibility index (Phi) is 5.37. The molecule has 5 heteroatoms. The lowest BCUT2D eigenvalue weighted by Gasteiger charge is -2.42. The Labute approximate surface area is 120 Å². The van der Waals surface area contributed by atoms with E-state index in [1.54, 1.807) is 7.11 Å². The zero-order chi connectivity index (χ0) is 14.4. The maximum atomic E-state index is 5.84. The summed E-state index contributed by atoms with van der Waals surface area (Å²) in [6, 6.07) is 7.83. The predicted molar refractivity (Wildman–Crippen MR) is 77.5 cm³/mol. The number of hydrogen-bond donors (Lipinski definition) is 2. The molecule has 1 aromatic carbocycles. The standard InChI is InChI=1S/C15H24N2O3/c1-3-20-13-7-5-4-6-12(13)14(17-16)15(18-2)8-10-19-11-9-15/h4-7,14,17H,3,8-11,16H2,1-2H3. The van der Waals surface area contributed by atoms with Crippen molar-refractivity contribution in [2.75, 3.05) is 26.9 Å². The first kappa shape index (κ1) is 15.3. The molecule has 0 bridgehead atoms. The van der Waals surface area contributed by atoms with E-state index in [0.29, 0.717) is 19.8 Å². The van der Waals surface area contributed by atoms with E-state index in [9.17, 15) is 0 Å². The fraction of sp³-hybridized carbons (Fsp3) is 0.600. The van der Waals surface area contributed by atoms with Crippen LogP contribution in [0.1, 0.15) is 31.4 Å². The van der Waals surface area contributed by atoms with Gasteiger partial charge in [-0.05, 0) is 13.0 Å². The Balaban J connectivity index is 2.35. The smallest absolute Gasteiger partial charge is 0.124 e. The van der Waals surface area contributed by atoms with E-state index in [1.807, 2.05) is 31.2 Å². The fourth-order valence-corrected chi connectivity index (χ4v) is 2.86. The van der Waals surface area contributed by atoms with Crippen LogP contribution in [0.5, 0.6) is 5.75 Å². The van der Waals surface area contributed by atoms with Gasteiger partial charge >= 0.3 is 0 Å². The lowest BCUT2D eigenvalue weighted by atomic mass is 9.82. The largest absolute Gasteiger partial charge is 0.494 e. The number of nitrogens with one attached hydrogen (secondary N) is 1. The van der Waals surface area contributed by atoms with Crippen molar-refractivity contribution in [3.05, 3.63) is 29.8 Å². The number of hydrogen-bond acceptors (Lipinski definition) is 5. The topological polar surface area (TPSA) is 65.7 Å². The summed E-state index contributed by atoms with van der Waals surface area (Å²) in [5, 5.41) is 0. The number of para-hydroxylation sites is 1. The van der Waals surface area contributed by atoms with Crippen LogP contribution in [0.25, 0.3) is 0 Å². The molecule has 0 saturated carbocycles. The van der Waals surface area contributed by atoms with E-state index >= 15 is 0 Å². The Morgan fingerprint density at radius 3 is 2.65 bits per heavy atom. The fourth-order valence-electron chi connectivity index (χ4n) is 2.86. The third-order valence-electron chi connectivity index (χ3n) is 3.97. The summed E-state index contributed by atoms with van der Waals surface area (Å²) >= 11 is 0. The van der Waals surface area contributed by atoms with Crippen molar-refractivity contribution in [1.29, 1.82) is 0 Å². The highest BCUT2D eigenvalue weighted by atomic mass is 16.5. The number of nitrogens with two attached hydrogens (primary N) is 1. The molecule has 3 N–H and O–H groups in total. The van der Waals surface area contributed by atoms with Crippen molar-refractivity contribution in [1.82, 2.24) is 5.43 Å². The van der Waals surface area contributed by atoms with Gasteiger partial charge in [0.05, 0.1) is 18.2 Å². The van der Waals surface area contributed by atoms with Crippen molar-refractivity contribution >= 4 is 0 Å². The summed E-state index contributed by atoms with van der Waals surface area (Å²) in [6.45, 7) is 3.96. The van der Waals surface area contributed by atoms with E-state index in [4.69, 9.17) is 20.1 Å². The van der Waals surface area contributed by atoms with Crippen molar-refractivity contribution in [3.63, 3.8) is 0 Å². The molecule has 0 spiro atoms. The second kappa shape index (κ2) is 7.04. The zero-order valence-corrected chi connectivity index (χ0v) is 12.2. The molecule has 0 radical (unpaired) electrons. The molecule has 0 aromatic heterocycles. The number of rotatable bonds is 6. The average Bonchev–Trinajstić information content (AvgIpc) is 2.51. The summed E-state index contributed by atoms with van der Waals surface area (Å²) in [5.74, 6) is 6.68. The van der Waals surface area contributed by atoms with Gasteiger partial charge in [0.2, 0.25) is 0 Å². The third-order valence-corrected chi connectivity index (χ3v) is 3.97. The SMILES string of the molecule is CCOc1ccccc1C(NN)C1(OC)CCOCC1. The lowest BCUT2D eigenvalue weighted by molar-refractivity contribution is -0.112. The van der Waals surface area contributed by atoms with Crippen molar-refractivity contribution < 1.29 is 14.2 Å². The van der Waals surface area contributed by atoms with Crippen LogP contribution in [0, 0.1) is 0 Å². The first-order valence-electron chi connectivity index (χ1n) is 7.08. The van der Waals surface area contributed by atoms with Gasteiger partial charge < -0.3 is 14.2 Å². The number of methoxy groups -OCH3 is 1. The van der Waals surface area contributed by atoms with Crippen LogP contribution < -0.4 is 16.0 Å². The third kappa shape index (κ3) is 2.96. The molecule has 112 valence electrons. The molecule has 1 aliphatic rings. The summed E-state index contributed by atoms with van der Waals surface area (Å²) in [4.78, 5) is 0. The van der Waals surface area contributed by atoms with Crippen LogP contribution >= 0.6 is 0 Å². The predicted octanol–water partition coefficient (Wildman–Crippen LogP) is 1.79. The van der Waals surface area contributed by atoms with Crippen molar-refractivity contribution in [3.8, 4) is 5.75 Å². The van der Waals surface area contributed by atoms with Crippen LogP contribution in [0.2, 0.25) is 0 Å². The van der Waals surface area contributed by atoms with Gasteiger partial charge in [0.25, 0.3) is 0 Å². The molecule has 1 heterocycles. The van der Waals surface area contributed by atoms with E-state index in [2.05, 4.69) is 5.43 Å². The Hall–Kier alpha value is -1.14. The van der Waals surface area contributed by atoms with Gasteiger partial charge in [-0.3, -0.25) is 5.84 Å². The Bertz CT molecular complexity index is 419. The van der Waals surface area contributed by atoms with Crippen LogP contribution in [0.15, 0.2) is 24.3 Å². The molecule has 1 unspecified atom stereocenters. The van der Waals surface area contributed by atoms with E-state index < -0.39 is 0 Å². The van der Waals surface area contributed by atoms with E-state index in [1.165, 1.54) is 0 Å². The van der Waals surface area contributed by atoms with Gasteiger partial charge in [-0.15, -0.1) is 0 Å². The normalized spacial score (nSPS) is 19.6. The minimum absolute atomic E-state index is 0.126. The van der Waals surface area contributed by atoms with Gasteiger partial charge in [0, 0.05) is 38.7 Å². The lowest BCUT2D eigenvalue weighted by Crippen LogP contribution is -2.51. The highest BCUT2D eigenvalue weighted by Crippen LogP contribution is 2.40. The molecule has 1 saturated heterocycles. The second-order valence-electron chi connectivity index (χ2n) is 4.95. The van der Waals surface area contributed by atoms with Gasteiger partial charge in [-0.25, -0.2) is 5.43 Å². The molecule has 1 fully saturated rings. The van der Waals surface area contributed by atoms with E-state index in [-0.39, 0.29) is 11.6 Å².